The van der Waals surface area contributed by atoms with Crippen LogP contribution in [0.2, 0.25) is 0 Å². The van der Waals surface area contributed by atoms with Gasteiger partial charge in [-0.05, 0) is 17.9 Å². The van der Waals surface area contributed by atoms with Gasteiger partial charge in [0.2, 0.25) is 5.91 Å². The van der Waals surface area contributed by atoms with Gasteiger partial charge in [0.05, 0.1) is 0 Å². The van der Waals surface area contributed by atoms with Gasteiger partial charge in [0.15, 0.2) is 5.69 Å². The first kappa shape index (κ1) is 16.5. The molecule has 0 aliphatic rings. The number of nitrogens with zero attached hydrogens (tertiary/aromatic N) is 2. The number of aromatic nitrogens is 2. The largest absolute Gasteiger partial charge is 0.435 e. The number of aliphatic hydroxyl groups is 1. The van der Waals surface area contributed by atoms with Crippen molar-refractivity contribution in [2.45, 2.75) is 33.0 Å². The average Bonchev–Trinajstić information content (AvgIpc) is 2.75. The van der Waals surface area contributed by atoms with Crippen molar-refractivity contribution in [3.05, 3.63) is 18.0 Å². The minimum absolute atomic E-state index is 0.0109. The molecule has 20 heavy (non-hydrogen) atoms. The summed E-state index contributed by atoms with van der Waals surface area (Å²) in [6, 6.07) is 0.822. The monoisotopic (exact) mass is 293 g/mol. The fraction of sp³-hybridized carbons (Fsp3) is 0.667. The van der Waals surface area contributed by atoms with E-state index in [-0.39, 0.29) is 18.6 Å². The Bertz CT molecular complexity index is 455. The molecular formula is C12H18F3N3O2. The first-order valence-corrected chi connectivity index (χ1v) is 6.12. The molecule has 5 nitrogen and oxygen atoms in total. The van der Waals surface area contributed by atoms with Crippen LogP contribution >= 0.6 is 0 Å². The molecule has 8 heteroatoms. The fourth-order valence-electron chi connectivity index (χ4n) is 1.53. The lowest BCUT2D eigenvalue weighted by molar-refractivity contribution is -0.141. The van der Waals surface area contributed by atoms with E-state index < -0.39 is 17.8 Å². The Morgan fingerprint density at radius 1 is 1.45 bits per heavy atom. The fourth-order valence-corrected chi connectivity index (χ4v) is 1.53. The number of nitrogens with one attached hydrogen (secondary N) is 1. The van der Waals surface area contributed by atoms with Gasteiger partial charge in [-0.1, -0.05) is 13.8 Å². The number of amides is 1. The number of rotatable bonds is 6. The second kappa shape index (κ2) is 6.25. The first-order chi connectivity index (χ1) is 9.14. The van der Waals surface area contributed by atoms with Crippen LogP contribution < -0.4 is 5.32 Å². The van der Waals surface area contributed by atoms with Gasteiger partial charge in [0.25, 0.3) is 0 Å². The topological polar surface area (TPSA) is 67.2 Å². The van der Waals surface area contributed by atoms with Crippen LogP contribution in [0.15, 0.2) is 12.3 Å². The summed E-state index contributed by atoms with van der Waals surface area (Å²) < 4.78 is 37.9. The number of hydrogen-bond donors (Lipinski definition) is 2. The molecular weight excluding hydrogens is 275 g/mol. The van der Waals surface area contributed by atoms with E-state index >= 15 is 0 Å². The molecule has 1 aromatic heterocycles. The van der Waals surface area contributed by atoms with Crippen LogP contribution in [0.3, 0.4) is 0 Å². The van der Waals surface area contributed by atoms with E-state index in [2.05, 4.69) is 10.4 Å². The zero-order chi connectivity index (χ0) is 15.4. The van der Waals surface area contributed by atoms with Gasteiger partial charge in [-0.3, -0.25) is 9.48 Å². The van der Waals surface area contributed by atoms with Crippen molar-refractivity contribution >= 4 is 5.91 Å². The first-order valence-electron chi connectivity index (χ1n) is 6.12. The van der Waals surface area contributed by atoms with Crippen molar-refractivity contribution in [1.82, 2.24) is 15.1 Å². The molecule has 1 heterocycles. The Labute approximate surface area is 114 Å². The minimum atomic E-state index is -4.51. The van der Waals surface area contributed by atoms with Crippen LogP contribution in [-0.2, 0) is 17.5 Å². The molecule has 0 unspecified atom stereocenters. The molecule has 0 aliphatic carbocycles. The number of halogens is 3. The van der Waals surface area contributed by atoms with Crippen LogP contribution in [0.1, 0.15) is 26.0 Å². The Morgan fingerprint density at radius 2 is 2.10 bits per heavy atom. The molecule has 1 amide bonds. The lowest BCUT2D eigenvalue weighted by Gasteiger charge is -2.23. The molecule has 0 saturated heterocycles. The van der Waals surface area contributed by atoms with Gasteiger partial charge in [0, 0.05) is 19.3 Å². The summed E-state index contributed by atoms with van der Waals surface area (Å²) >= 11 is 0. The van der Waals surface area contributed by atoms with Gasteiger partial charge >= 0.3 is 6.18 Å². The Kier molecular flexibility index (Phi) is 5.15. The van der Waals surface area contributed by atoms with Crippen molar-refractivity contribution in [2.24, 2.45) is 5.41 Å². The normalized spacial score (nSPS) is 12.5. The predicted molar refractivity (Wildman–Crippen MR) is 65.7 cm³/mol. The molecule has 0 aliphatic heterocycles. The SMILES string of the molecule is CC(C)(CCO)CNC(=O)Cn1ccc(C(F)(F)F)n1. The highest BCUT2D eigenvalue weighted by atomic mass is 19.4. The maximum Gasteiger partial charge on any atom is 0.435 e. The van der Waals surface area contributed by atoms with Gasteiger partial charge in [-0.2, -0.15) is 18.3 Å². The van der Waals surface area contributed by atoms with E-state index in [1.165, 1.54) is 0 Å². The molecule has 1 rings (SSSR count). The van der Waals surface area contributed by atoms with E-state index in [9.17, 15) is 18.0 Å². The highest BCUT2D eigenvalue weighted by molar-refractivity contribution is 5.75. The maximum atomic E-state index is 12.3. The maximum absolute atomic E-state index is 12.3. The zero-order valence-corrected chi connectivity index (χ0v) is 11.4. The summed E-state index contributed by atoms with van der Waals surface area (Å²) in [6.45, 7) is 3.82. The molecule has 0 fully saturated rings. The molecule has 0 saturated carbocycles. The summed E-state index contributed by atoms with van der Waals surface area (Å²) in [4.78, 5) is 11.6. The molecule has 2 N–H and O–H groups in total. The van der Waals surface area contributed by atoms with E-state index in [0.29, 0.717) is 13.0 Å². The number of carbonyl (C=O) groups is 1. The summed E-state index contributed by atoms with van der Waals surface area (Å²) in [6.07, 6.45) is -2.88. The highest BCUT2D eigenvalue weighted by Crippen LogP contribution is 2.27. The lowest BCUT2D eigenvalue weighted by Crippen LogP contribution is -2.36. The highest BCUT2D eigenvalue weighted by Gasteiger charge is 2.33. The third kappa shape index (κ3) is 5.20. The van der Waals surface area contributed by atoms with E-state index in [1.807, 2.05) is 13.8 Å². The predicted octanol–water partition coefficient (Wildman–Crippen LogP) is 1.43. The summed E-state index contributed by atoms with van der Waals surface area (Å²) in [7, 11) is 0. The third-order valence-electron chi connectivity index (χ3n) is 2.79. The smallest absolute Gasteiger partial charge is 0.396 e. The second-order valence-electron chi connectivity index (χ2n) is 5.31. The van der Waals surface area contributed by atoms with Gasteiger partial charge in [-0.25, -0.2) is 0 Å². The van der Waals surface area contributed by atoms with Crippen molar-refractivity contribution in [3.8, 4) is 0 Å². The number of alkyl halides is 3. The molecule has 1 aromatic rings. The summed E-state index contributed by atoms with van der Waals surface area (Å²) in [5, 5.41) is 14.8. The van der Waals surface area contributed by atoms with Crippen LogP contribution in [-0.4, -0.2) is 33.9 Å². The second-order valence-corrected chi connectivity index (χ2v) is 5.31. The summed E-state index contributed by atoms with van der Waals surface area (Å²) in [5.74, 6) is -0.423. The molecule has 114 valence electrons. The van der Waals surface area contributed by atoms with Crippen LogP contribution in [0.4, 0.5) is 13.2 Å². The number of hydrogen-bond acceptors (Lipinski definition) is 3. The molecule has 0 atom stereocenters. The van der Waals surface area contributed by atoms with Crippen molar-refractivity contribution in [1.29, 1.82) is 0 Å². The van der Waals surface area contributed by atoms with E-state index in [0.717, 1.165) is 16.9 Å². The van der Waals surface area contributed by atoms with Crippen molar-refractivity contribution in [3.63, 3.8) is 0 Å². The van der Waals surface area contributed by atoms with Gasteiger partial charge in [0.1, 0.15) is 6.54 Å². The van der Waals surface area contributed by atoms with E-state index in [4.69, 9.17) is 5.11 Å². The van der Waals surface area contributed by atoms with Crippen molar-refractivity contribution in [2.75, 3.05) is 13.2 Å². The molecule has 0 spiro atoms. The molecule has 0 aromatic carbocycles. The van der Waals surface area contributed by atoms with E-state index in [1.54, 1.807) is 0 Å². The lowest BCUT2D eigenvalue weighted by atomic mass is 9.90. The third-order valence-corrected chi connectivity index (χ3v) is 2.79. The average molecular weight is 293 g/mol. The number of aliphatic hydroxyl groups excluding tert-OH is 1. The summed E-state index contributed by atoms with van der Waals surface area (Å²) in [5.41, 5.74) is -1.29. The number of carbonyl (C=O) groups excluding carboxylic acids is 1. The van der Waals surface area contributed by atoms with Crippen LogP contribution in [0.25, 0.3) is 0 Å². The minimum Gasteiger partial charge on any atom is -0.396 e. The molecule has 0 bridgehead atoms. The van der Waals surface area contributed by atoms with Crippen LogP contribution in [0.5, 0.6) is 0 Å². The quantitative estimate of drug-likeness (QED) is 0.833. The Morgan fingerprint density at radius 3 is 2.60 bits per heavy atom. The standard InChI is InChI=1S/C12H18F3N3O2/c1-11(2,4-6-19)8-16-10(20)7-18-5-3-9(17-18)12(13,14)15/h3,5,19H,4,6-8H2,1-2H3,(H,16,20). The van der Waals surface area contributed by atoms with Crippen molar-refractivity contribution < 1.29 is 23.1 Å². The molecule has 0 radical (unpaired) electrons. The van der Waals surface area contributed by atoms with Gasteiger partial charge < -0.3 is 10.4 Å². The van der Waals surface area contributed by atoms with Gasteiger partial charge in [-0.15, -0.1) is 0 Å². The zero-order valence-electron chi connectivity index (χ0n) is 11.4. The van der Waals surface area contributed by atoms with Crippen LogP contribution in [0, 0.1) is 5.41 Å². The Hall–Kier alpha value is -1.57. The Balaban J connectivity index is 2.49.